The fourth-order valence-corrected chi connectivity index (χ4v) is 3.87. The second-order valence-electron chi connectivity index (χ2n) is 5.43. The fraction of sp³-hybridized carbons (Fsp3) is 0.533. The normalized spacial score (nSPS) is 17.3. The maximum absolute atomic E-state index is 13.1. The van der Waals surface area contributed by atoms with Crippen LogP contribution in [0.15, 0.2) is 6.20 Å². The number of ether oxygens (including phenoxy) is 1. The summed E-state index contributed by atoms with van der Waals surface area (Å²) in [6.45, 7) is 2.02. The number of hydrogen-bond donors (Lipinski definition) is 0. The van der Waals surface area contributed by atoms with Crippen LogP contribution in [0.3, 0.4) is 0 Å². The maximum Gasteiger partial charge on any atom is 0.342 e. The summed E-state index contributed by atoms with van der Waals surface area (Å²) in [5, 5.41) is 4.75. The van der Waals surface area contributed by atoms with Crippen LogP contribution in [0.5, 0.6) is 0 Å². The van der Waals surface area contributed by atoms with Gasteiger partial charge in [-0.15, -0.1) is 11.3 Å². The minimum Gasteiger partial charge on any atom is -0.453 e. The topological polar surface area (TPSA) is 57.0 Å². The van der Waals surface area contributed by atoms with Crippen LogP contribution in [0.25, 0.3) is 0 Å². The van der Waals surface area contributed by atoms with Crippen LogP contribution in [0, 0.1) is 0 Å². The number of fused-ring (bicyclic) bond motifs is 1. The molecule has 0 N–H and O–H groups in total. The van der Waals surface area contributed by atoms with E-state index >= 15 is 0 Å². The van der Waals surface area contributed by atoms with Crippen molar-refractivity contribution >= 4 is 17.3 Å². The van der Waals surface area contributed by atoms with Crippen molar-refractivity contribution in [2.24, 2.45) is 7.05 Å². The van der Waals surface area contributed by atoms with E-state index in [9.17, 15) is 13.6 Å². The van der Waals surface area contributed by atoms with Crippen molar-refractivity contribution in [2.75, 3.05) is 0 Å². The Labute approximate surface area is 136 Å². The first-order valence-electron chi connectivity index (χ1n) is 7.50. The van der Waals surface area contributed by atoms with Crippen molar-refractivity contribution in [3.05, 3.63) is 33.0 Å². The van der Waals surface area contributed by atoms with E-state index in [2.05, 4.69) is 10.1 Å². The van der Waals surface area contributed by atoms with E-state index in [1.54, 1.807) is 0 Å². The molecule has 0 unspecified atom stereocenters. The molecular formula is C15H17F2N3O2S. The molecule has 0 aliphatic heterocycles. The van der Waals surface area contributed by atoms with Gasteiger partial charge in [-0.2, -0.15) is 5.10 Å². The highest BCUT2D eigenvalue weighted by atomic mass is 32.1. The Morgan fingerprint density at radius 3 is 3.04 bits per heavy atom. The highest BCUT2D eigenvalue weighted by molar-refractivity contribution is 7.11. The van der Waals surface area contributed by atoms with Gasteiger partial charge in [0.05, 0.1) is 21.8 Å². The van der Waals surface area contributed by atoms with Gasteiger partial charge in [-0.25, -0.2) is 18.6 Å². The first-order valence-corrected chi connectivity index (χ1v) is 8.32. The lowest BCUT2D eigenvalue weighted by Gasteiger charge is -2.21. The van der Waals surface area contributed by atoms with Gasteiger partial charge in [-0.3, -0.25) is 4.68 Å². The van der Waals surface area contributed by atoms with E-state index in [4.69, 9.17) is 4.74 Å². The Balaban J connectivity index is 1.83. The molecule has 5 nitrogen and oxygen atoms in total. The number of rotatable bonds is 4. The summed E-state index contributed by atoms with van der Waals surface area (Å²) in [6, 6.07) is 0. The lowest BCUT2D eigenvalue weighted by Crippen LogP contribution is -2.17. The van der Waals surface area contributed by atoms with Gasteiger partial charge in [0.25, 0.3) is 6.43 Å². The van der Waals surface area contributed by atoms with Crippen LogP contribution in [0.2, 0.25) is 0 Å². The van der Waals surface area contributed by atoms with E-state index in [-0.39, 0.29) is 5.56 Å². The predicted octanol–water partition coefficient (Wildman–Crippen LogP) is 3.61. The summed E-state index contributed by atoms with van der Waals surface area (Å²) in [5.41, 5.74) is 0.385. The molecule has 0 radical (unpaired) electrons. The molecule has 0 amide bonds. The van der Waals surface area contributed by atoms with Gasteiger partial charge < -0.3 is 4.74 Å². The average Bonchev–Trinajstić information content (AvgIpc) is 3.10. The van der Waals surface area contributed by atoms with Gasteiger partial charge in [0.1, 0.15) is 17.4 Å². The standard InChI is InChI=1S/C15H17F2N3O2S/c1-3-11-19-9-5-4-6-10(13(9)23-11)22-15(21)8-7-18-20(2)12(8)14(16)17/h7,10,14H,3-6H2,1-2H3/t10-/m1/s1. The van der Waals surface area contributed by atoms with Crippen molar-refractivity contribution in [3.63, 3.8) is 0 Å². The van der Waals surface area contributed by atoms with Gasteiger partial charge in [0.15, 0.2) is 0 Å². The molecule has 0 bridgehead atoms. The molecule has 0 saturated carbocycles. The molecule has 1 atom stereocenters. The molecule has 3 rings (SSSR count). The molecule has 23 heavy (non-hydrogen) atoms. The number of esters is 1. The molecule has 0 spiro atoms. The fourth-order valence-electron chi connectivity index (χ4n) is 2.75. The van der Waals surface area contributed by atoms with Gasteiger partial charge in [0.2, 0.25) is 0 Å². The molecule has 0 fully saturated rings. The van der Waals surface area contributed by atoms with Crippen molar-refractivity contribution in [2.45, 2.75) is 45.1 Å². The third-order valence-corrected chi connectivity index (χ3v) is 5.24. The van der Waals surface area contributed by atoms with E-state index in [0.29, 0.717) is 6.42 Å². The van der Waals surface area contributed by atoms with Crippen molar-refractivity contribution in [1.82, 2.24) is 14.8 Å². The molecule has 0 saturated heterocycles. The zero-order valence-corrected chi connectivity index (χ0v) is 13.7. The number of carbonyl (C=O) groups is 1. The number of thiazole rings is 1. The van der Waals surface area contributed by atoms with Crippen molar-refractivity contribution in [1.29, 1.82) is 0 Å². The molecule has 2 aromatic rings. The molecule has 8 heteroatoms. The summed E-state index contributed by atoms with van der Waals surface area (Å²) >= 11 is 1.54. The first kappa shape index (κ1) is 16.0. The van der Waals surface area contributed by atoms with Crippen LogP contribution in [0.1, 0.15) is 63.9 Å². The third kappa shape index (κ3) is 2.99. The zero-order chi connectivity index (χ0) is 16.6. The number of halogens is 2. The molecule has 124 valence electrons. The number of alkyl halides is 2. The number of aromatic nitrogens is 3. The molecule has 2 heterocycles. The summed E-state index contributed by atoms with van der Waals surface area (Å²) in [5.74, 6) is -0.752. The SMILES string of the molecule is CCc1nc2c(s1)[C@H](OC(=O)c1cnn(C)c1C(F)F)CCC2. The van der Waals surface area contributed by atoms with E-state index in [1.165, 1.54) is 18.4 Å². The Kier molecular flexibility index (Phi) is 4.43. The number of carbonyl (C=O) groups excluding carboxylic acids is 1. The number of nitrogens with zero attached hydrogens (tertiary/aromatic N) is 3. The Morgan fingerprint density at radius 2 is 2.35 bits per heavy atom. The van der Waals surface area contributed by atoms with E-state index < -0.39 is 24.2 Å². The zero-order valence-electron chi connectivity index (χ0n) is 12.9. The van der Waals surface area contributed by atoms with E-state index in [1.807, 2.05) is 6.92 Å². The predicted molar refractivity (Wildman–Crippen MR) is 80.8 cm³/mol. The minimum atomic E-state index is -2.78. The number of aryl methyl sites for hydroxylation is 3. The largest absolute Gasteiger partial charge is 0.453 e. The highest BCUT2D eigenvalue weighted by Crippen LogP contribution is 2.37. The Morgan fingerprint density at radius 1 is 1.57 bits per heavy atom. The second-order valence-corrected chi connectivity index (χ2v) is 6.54. The minimum absolute atomic E-state index is 0.171. The summed E-state index contributed by atoms with van der Waals surface area (Å²) in [6.07, 6.45) is 1.21. The molecule has 2 aromatic heterocycles. The second kappa shape index (κ2) is 6.35. The monoisotopic (exact) mass is 341 g/mol. The maximum atomic E-state index is 13.1. The molecule has 1 aliphatic carbocycles. The van der Waals surface area contributed by atoms with Crippen LogP contribution >= 0.6 is 11.3 Å². The van der Waals surface area contributed by atoms with Crippen molar-refractivity contribution in [3.8, 4) is 0 Å². The van der Waals surface area contributed by atoms with Crippen LogP contribution in [-0.2, 0) is 24.6 Å². The average molecular weight is 341 g/mol. The molecule has 1 aliphatic rings. The molecular weight excluding hydrogens is 324 g/mol. The quantitative estimate of drug-likeness (QED) is 0.797. The smallest absolute Gasteiger partial charge is 0.342 e. The van der Waals surface area contributed by atoms with Crippen LogP contribution in [0.4, 0.5) is 8.78 Å². The summed E-state index contributed by atoms with van der Waals surface area (Å²) in [4.78, 5) is 17.8. The highest BCUT2D eigenvalue weighted by Gasteiger charge is 2.30. The van der Waals surface area contributed by atoms with Crippen LogP contribution < -0.4 is 0 Å². The number of hydrogen-bond acceptors (Lipinski definition) is 5. The Bertz CT molecular complexity index is 726. The van der Waals surface area contributed by atoms with Gasteiger partial charge in [0, 0.05) is 7.05 Å². The summed E-state index contributed by atoms with van der Waals surface area (Å²) in [7, 11) is 1.38. The first-order chi connectivity index (χ1) is 11.0. The Hall–Kier alpha value is -1.83. The van der Waals surface area contributed by atoms with Crippen molar-refractivity contribution < 1.29 is 18.3 Å². The van der Waals surface area contributed by atoms with Gasteiger partial charge in [-0.1, -0.05) is 6.92 Å². The third-order valence-electron chi connectivity index (χ3n) is 3.91. The van der Waals surface area contributed by atoms with Gasteiger partial charge >= 0.3 is 5.97 Å². The summed E-state index contributed by atoms with van der Waals surface area (Å²) < 4.78 is 32.7. The van der Waals surface area contributed by atoms with E-state index in [0.717, 1.165) is 45.7 Å². The van der Waals surface area contributed by atoms with Gasteiger partial charge in [-0.05, 0) is 25.7 Å². The lowest BCUT2D eigenvalue weighted by molar-refractivity contribution is 0.0255. The lowest BCUT2D eigenvalue weighted by atomic mass is 10.0. The van der Waals surface area contributed by atoms with Crippen LogP contribution in [-0.4, -0.2) is 20.7 Å². The molecule has 0 aromatic carbocycles.